The zero-order chi connectivity index (χ0) is 27.6. The molecule has 5 rings (SSSR count). The summed E-state index contributed by atoms with van der Waals surface area (Å²) < 4.78 is 0. The van der Waals surface area contributed by atoms with Crippen LogP contribution in [0.15, 0.2) is 41.4 Å². The van der Waals surface area contributed by atoms with Gasteiger partial charge < -0.3 is 31.4 Å². The number of aromatic hydroxyl groups is 1. The second-order valence-electron chi connectivity index (χ2n) is 10.5. The number of fused-ring (bicyclic) bond motifs is 3. The third kappa shape index (κ3) is 3.57. The lowest BCUT2D eigenvalue weighted by molar-refractivity contribution is -0.122. The fourth-order valence-electron chi connectivity index (χ4n) is 6.38. The number of likely N-dealkylation sites (N-methyl/N-ethyl adjacent to an activating group) is 1. The number of aliphatic hydroxyl groups is 2. The Labute approximate surface area is 219 Å². The van der Waals surface area contributed by atoms with E-state index in [4.69, 9.17) is 11.1 Å². The van der Waals surface area contributed by atoms with Gasteiger partial charge in [0.1, 0.15) is 17.3 Å². The van der Waals surface area contributed by atoms with Crippen molar-refractivity contribution in [2.45, 2.75) is 18.9 Å². The number of primary amides is 1. The van der Waals surface area contributed by atoms with Crippen molar-refractivity contribution in [1.29, 1.82) is 5.41 Å². The summed E-state index contributed by atoms with van der Waals surface area (Å²) >= 11 is 0. The van der Waals surface area contributed by atoms with E-state index in [-0.39, 0.29) is 45.5 Å². The van der Waals surface area contributed by atoms with Gasteiger partial charge >= 0.3 is 0 Å². The number of phenols is 1. The Morgan fingerprint density at radius 3 is 2.37 bits per heavy atom. The number of allylic oxidation sites excluding steroid dienone is 1. The number of nitrogens with zero attached hydrogens (tertiary/aromatic N) is 4. The molecule has 198 valence electrons. The molecular weight excluding hydrogens is 488 g/mol. The van der Waals surface area contributed by atoms with Gasteiger partial charge in [0.05, 0.1) is 34.4 Å². The van der Waals surface area contributed by atoms with Gasteiger partial charge in [-0.3, -0.25) is 14.5 Å². The van der Waals surface area contributed by atoms with Gasteiger partial charge in [-0.1, -0.05) is 0 Å². The van der Waals surface area contributed by atoms with Gasteiger partial charge in [-0.2, -0.15) is 0 Å². The summed E-state index contributed by atoms with van der Waals surface area (Å²) in [5.41, 5.74) is 6.75. The number of anilines is 1. The maximum atomic E-state index is 14.0. The highest BCUT2D eigenvalue weighted by Gasteiger charge is 2.54. The topological polar surface area (TPSA) is 177 Å². The van der Waals surface area contributed by atoms with Crippen molar-refractivity contribution in [1.82, 2.24) is 14.9 Å². The van der Waals surface area contributed by atoms with Crippen LogP contribution in [0.1, 0.15) is 17.5 Å². The molecule has 0 radical (unpaired) electrons. The minimum atomic E-state index is -1.08. The first-order chi connectivity index (χ1) is 18.0. The second kappa shape index (κ2) is 8.95. The van der Waals surface area contributed by atoms with Gasteiger partial charge in [-0.15, -0.1) is 0 Å². The highest BCUT2D eigenvalue weighted by molar-refractivity contribution is 6.29. The smallest absolute Gasteiger partial charge is 0.254 e. The van der Waals surface area contributed by atoms with Crippen LogP contribution in [-0.2, 0) is 16.0 Å². The minimum absolute atomic E-state index is 0.109. The van der Waals surface area contributed by atoms with E-state index >= 15 is 0 Å². The van der Waals surface area contributed by atoms with Crippen molar-refractivity contribution in [2.75, 3.05) is 33.1 Å². The lowest BCUT2D eigenvalue weighted by Crippen LogP contribution is -2.55. The number of amides is 1. The van der Waals surface area contributed by atoms with Gasteiger partial charge in [0.15, 0.2) is 11.6 Å². The van der Waals surface area contributed by atoms with Gasteiger partial charge in [-0.25, -0.2) is 9.97 Å². The number of ketones is 1. The molecule has 38 heavy (non-hydrogen) atoms. The van der Waals surface area contributed by atoms with E-state index in [2.05, 4.69) is 9.97 Å². The summed E-state index contributed by atoms with van der Waals surface area (Å²) in [4.78, 5) is 38.2. The Bertz CT molecular complexity index is 1450. The van der Waals surface area contributed by atoms with E-state index in [0.717, 1.165) is 5.69 Å². The molecule has 0 spiro atoms. The van der Waals surface area contributed by atoms with E-state index in [9.17, 15) is 24.9 Å². The number of aromatic nitrogens is 2. The molecule has 3 aliphatic carbocycles. The van der Waals surface area contributed by atoms with Crippen molar-refractivity contribution in [3.05, 3.63) is 52.6 Å². The number of benzene rings is 1. The first-order valence-electron chi connectivity index (χ1n) is 12.2. The van der Waals surface area contributed by atoms with Crippen molar-refractivity contribution < 1.29 is 24.9 Å². The largest absolute Gasteiger partial charge is 0.510 e. The average molecular weight is 519 g/mol. The van der Waals surface area contributed by atoms with E-state index in [1.54, 1.807) is 43.5 Å². The highest BCUT2D eigenvalue weighted by Crippen LogP contribution is 2.53. The highest BCUT2D eigenvalue weighted by atomic mass is 16.3. The molecule has 3 aliphatic rings. The standard InChI is InChI=1S/C27H30N6O5/c1-32(2)15-10-14(27-30-6-5-7-31-27)22(34)18-12(15)8-11-9-13-17(23(35)16(11)24(18)36)20(28)19(26(29)38)25(37)21(13)33(3)4/h5-7,10-11,13,17,21,28,34,36-37H,8-9H2,1-4H3,(H2,29,38)/t11-,13+,17?,21-/m0/s1. The van der Waals surface area contributed by atoms with Crippen molar-refractivity contribution in [3.8, 4) is 17.1 Å². The Morgan fingerprint density at radius 1 is 1.13 bits per heavy atom. The zero-order valence-corrected chi connectivity index (χ0v) is 21.6. The van der Waals surface area contributed by atoms with Gasteiger partial charge in [0.25, 0.3) is 5.91 Å². The van der Waals surface area contributed by atoms with Crippen LogP contribution in [0.25, 0.3) is 17.1 Å². The molecule has 11 heteroatoms. The molecule has 1 aromatic carbocycles. The Kier molecular flexibility index (Phi) is 5.98. The molecule has 1 unspecified atom stereocenters. The van der Waals surface area contributed by atoms with Crippen LogP contribution in [-0.4, -0.2) is 81.8 Å². The SMILES string of the molecule is CN(C)c1cc(-c2ncccn2)c(O)c2c1C[C@H]1C[C@@H]3C(C(=N)C(C(N)=O)=C(O)[C@H]3N(C)C)C(=O)C1=C2O. The second-order valence-corrected chi connectivity index (χ2v) is 10.5. The van der Waals surface area contributed by atoms with E-state index < -0.39 is 35.5 Å². The molecule has 1 fully saturated rings. The number of carbonyl (C=O) groups is 2. The number of nitrogens with two attached hydrogens (primary N) is 1. The summed E-state index contributed by atoms with van der Waals surface area (Å²) in [6.45, 7) is 0. The number of carbonyl (C=O) groups excluding carboxylic acids is 2. The van der Waals surface area contributed by atoms with Crippen LogP contribution in [0.5, 0.6) is 5.75 Å². The van der Waals surface area contributed by atoms with E-state index in [1.807, 2.05) is 19.0 Å². The average Bonchev–Trinajstić information content (AvgIpc) is 2.83. The Balaban J connectivity index is 1.72. The Hall–Kier alpha value is -4.25. The van der Waals surface area contributed by atoms with Gasteiger partial charge in [-0.05, 0) is 56.5 Å². The van der Waals surface area contributed by atoms with Crippen molar-refractivity contribution >= 4 is 28.8 Å². The molecule has 1 aromatic heterocycles. The number of rotatable bonds is 4. The van der Waals surface area contributed by atoms with Crippen LogP contribution < -0.4 is 10.6 Å². The number of hydrogen-bond acceptors (Lipinski definition) is 10. The molecule has 6 N–H and O–H groups in total. The molecule has 1 amide bonds. The number of Topliss-reactive ketones (excluding diaryl/α,β-unsaturated/α-hetero) is 1. The molecule has 2 aromatic rings. The normalized spacial score (nSPS) is 24.8. The van der Waals surface area contributed by atoms with Crippen LogP contribution in [0.3, 0.4) is 0 Å². The van der Waals surface area contributed by atoms with Crippen molar-refractivity contribution in [2.24, 2.45) is 23.5 Å². The lowest BCUT2D eigenvalue weighted by atomic mass is 9.59. The molecule has 1 heterocycles. The number of phenolic OH excluding ortho intramolecular Hbond substituents is 1. The number of aliphatic hydroxyl groups excluding tert-OH is 2. The van der Waals surface area contributed by atoms with Gasteiger partial charge in [0.2, 0.25) is 0 Å². The summed E-state index contributed by atoms with van der Waals surface area (Å²) in [5, 5.41) is 42.5. The third-order valence-corrected chi connectivity index (χ3v) is 7.88. The summed E-state index contributed by atoms with van der Waals surface area (Å²) in [6.07, 6.45) is 3.81. The first-order valence-corrected chi connectivity index (χ1v) is 12.2. The molecule has 1 saturated carbocycles. The predicted octanol–water partition coefficient (Wildman–Crippen LogP) is 1.82. The number of hydrogen-bond donors (Lipinski definition) is 5. The summed E-state index contributed by atoms with van der Waals surface area (Å²) in [7, 11) is 7.15. The molecule has 0 aliphatic heterocycles. The quantitative estimate of drug-likeness (QED) is 0.404. The fraction of sp³-hybridized carbons (Fsp3) is 0.370. The first kappa shape index (κ1) is 25.4. The maximum Gasteiger partial charge on any atom is 0.254 e. The monoisotopic (exact) mass is 518 g/mol. The zero-order valence-electron chi connectivity index (χ0n) is 21.6. The maximum absolute atomic E-state index is 14.0. The predicted molar refractivity (Wildman–Crippen MR) is 141 cm³/mol. The molecule has 4 atom stereocenters. The molecule has 11 nitrogen and oxygen atoms in total. The van der Waals surface area contributed by atoms with Crippen LogP contribution in [0.4, 0.5) is 5.69 Å². The molecule has 0 saturated heterocycles. The third-order valence-electron chi connectivity index (χ3n) is 7.88. The van der Waals surface area contributed by atoms with E-state index in [0.29, 0.717) is 24.0 Å². The number of nitrogens with one attached hydrogen (secondary N) is 1. The van der Waals surface area contributed by atoms with Crippen molar-refractivity contribution in [3.63, 3.8) is 0 Å². The van der Waals surface area contributed by atoms with E-state index in [1.165, 1.54) is 0 Å². The summed E-state index contributed by atoms with van der Waals surface area (Å²) in [5.74, 6) is -4.15. The molecule has 0 bridgehead atoms. The summed E-state index contributed by atoms with van der Waals surface area (Å²) in [6, 6.07) is 2.71. The Morgan fingerprint density at radius 2 is 1.79 bits per heavy atom. The fourth-order valence-corrected chi connectivity index (χ4v) is 6.38. The van der Waals surface area contributed by atoms with Gasteiger partial charge in [0, 0.05) is 37.7 Å². The minimum Gasteiger partial charge on any atom is -0.510 e. The lowest BCUT2D eigenvalue weighted by Gasteiger charge is -2.47. The van der Waals surface area contributed by atoms with Crippen LogP contribution in [0.2, 0.25) is 0 Å². The van der Waals surface area contributed by atoms with Crippen LogP contribution in [0, 0.1) is 23.2 Å². The van der Waals surface area contributed by atoms with Crippen LogP contribution >= 0.6 is 0 Å². The molecular formula is C27H30N6O5.